The van der Waals surface area contributed by atoms with E-state index in [0.29, 0.717) is 17.6 Å². The molecule has 1 heterocycles. The first kappa shape index (κ1) is 12.7. The largest absolute Gasteiger partial charge is 0.369 e. The number of aromatic nitrogens is 2. The summed E-state index contributed by atoms with van der Waals surface area (Å²) in [5.74, 6) is 1.86. The van der Waals surface area contributed by atoms with Crippen molar-refractivity contribution in [3.63, 3.8) is 0 Å². The highest BCUT2D eigenvalue weighted by atomic mass is 16.1. The molecule has 4 heteroatoms. The third-order valence-electron chi connectivity index (χ3n) is 3.15. The summed E-state index contributed by atoms with van der Waals surface area (Å²) >= 11 is 0. The molecule has 1 aromatic rings. The molecule has 0 saturated heterocycles. The summed E-state index contributed by atoms with van der Waals surface area (Å²) in [6.07, 6.45) is 0. The Bertz CT molecular complexity index is 407. The first-order valence-corrected chi connectivity index (χ1v) is 5.63. The molecule has 4 nitrogen and oxygen atoms in total. The van der Waals surface area contributed by atoms with Gasteiger partial charge < -0.3 is 10.3 Å². The molecule has 0 saturated carbocycles. The van der Waals surface area contributed by atoms with Gasteiger partial charge in [-0.2, -0.15) is 0 Å². The van der Waals surface area contributed by atoms with E-state index in [1.165, 1.54) is 6.07 Å². The quantitative estimate of drug-likeness (QED) is 0.822. The van der Waals surface area contributed by atoms with Gasteiger partial charge in [0.2, 0.25) is 0 Å². The van der Waals surface area contributed by atoms with Crippen molar-refractivity contribution >= 4 is 5.82 Å². The highest BCUT2D eigenvalue weighted by Gasteiger charge is 2.21. The van der Waals surface area contributed by atoms with Crippen molar-refractivity contribution in [1.82, 2.24) is 9.97 Å². The van der Waals surface area contributed by atoms with Crippen molar-refractivity contribution in [3.05, 3.63) is 22.2 Å². The Balaban J connectivity index is 2.72. The maximum atomic E-state index is 11.2. The van der Waals surface area contributed by atoms with Crippen LogP contribution in [0.1, 0.15) is 33.5 Å². The maximum absolute atomic E-state index is 11.2. The summed E-state index contributed by atoms with van der Waals surface area (Å²) in [7, 11) is 0. The molecular weight excluding hydrogens is 202 g/mol. The summed E-state index contributed by atoms with van der Waals surface area (Å²) in [6.45, 7) is 11.4. The number of aromatic amines is 1. The fourth-order valence-electron chi connectivity index (χ4n) is 1.19. The van der Waals surface area contributed by atoms with Crippen molar-refractivity contribution < 1.29 is 0 Å². The van der Waals surface area contributed by atoms with Crippen LogP contribution in [0.25, 0.3) is 0 Å². The first-order valence-electron chi connectivity index (χ1n) is 5.63. The number of nitrogens with one attached hydrogen (secondary N) is 2. The van der Waals surface area contributed by atoms with Gasteiger partial charge >= 0.3 is 0 Å². The zero-order valence-electron chi connectivity index (χ0n) is 10.7. The van der Waals surface area contributed by atoms with E-state index in [9.17, 15) is 4.79 Å². The zero-order chi connectivity index (χ0) is 12.3. The molecule has 0 atom stereocenters. The van der Waals surface area contributed by atoms with E-state index in [2.05, 4.69) is 43.0 Å². The number of nitrogens with zero attached hydrogens (tertiary/aromatic N) is 1. The van der Waals surface area contributed by atoms with Gasteiger partial charge in [-0.05, 0) is 18.3 Å². The van der Waals surface area contributed by atoms with Gasteiger partial charge in [0.15, 0.2) is 0 Å². The molecule has 0 aliphatic heterocycles. The van der Waals surface area contributed by atoms with Crippen LogP contribution >= 0.6 is 0 Å². The van der Waals surface area contributed by atoms with Crippen molar-refractivity contribution in [1.29, 1.82) is 0 Å². The van der Waals surface area contributed by atoms with Crippen LogP contribution in [0.2, 0.25) is 0 Å². The second-order valence-electron chi connectivity index (χ2n) is 5.21. The summed E-state index contributed by atoms with van der Waals surface area (Å²) in [4.78, 5) is 18.1. The first-order chi connectivity index (χ1) is 7.31. The third kappa shape index (κ3) is 3.36. The van der Waals surface area contributed by atoms with Gasteiger partial charge in [-0.3, -0.25) is 4.79 Å². The van der Waals surface area contributed by atoms with Crippen molar-refractivity contribution in [3.8, 4) is 0 Å². The second-order valence-corrected chi connectivity index (χ2v) is 5.21. The lowest BCUT2D eigenvalue weighted by atomic mass is 9.81. The van der Waals surface area contributed by atoms with Crippen LogP contribution in [0.15, 0.2) is 10.9 Å². The smallest absolute Gasteiger partial charge is 0.252 e. The molecule has 90 valence electrons. The molecule has 1 rings (SSSR count). The molecule has 0 aliphatic rings. The highest BCUT2D eigenvalue weighted by molar-refractivity contribution is 5.33. The number of aryl methyl sites for hydroxylation is 1. The van der Waals surface area contributed by atoms with E-state index in [0.717, 1.165) is 6.54 Å². The Morgan fingerprint density at radius 2 is 2.12 bits per heavy atom. The van der Waals surface area contributed by atoms with E-state index >= 15 is 0 Å². The number of rotatable bonds is 4. The normalized spacial score (nSPS) is 11.9. The van der Waals surface area contributed by atoms with Crippen LogP contribution in [-0.4, -0.2) is 16.5 Å². The summed E-state index contributed by atoms with van der Waals surface area (Å²) in [6, 6.07) is 1.49. The van der Waals surface area contributed by atoms with E-state index in [-0.39, 0.29) is 11.0 Å². The SMILES string of the molecule is Cc1nc(NCC(C)(C)C(C)C)cc(=O)[nH]1. The van der Waals surface area contributed by atoms with Crippen LogP contribution < -0.4 is 10.9 Å². The molecular formula is C12H21N3O. The van der Waals surface area contributed by atoms with Crippen molar-refractivity contribution in [2.45, 2.75) is 34.6 Å². The minimum atomic E-state index is -0.114. The fourth-order valence-corrected chi connectivity index (χ4v) is 1.19. The number of anilines is 1. The predicted molar refractivity (Wildman–Crippen MR) is 66.7 cm³/mol. The van der Waals surface area contributed by atoms with Gasteiger partial charge in [0.25, 0.3) is 5.56 Å². The molecule has 16 heavy (non-hydrogen) atoms. The fraction of sp³-hybridized carbons (Fsp3) is 0.667. The van der Waals surface area contributed by atoms with Crippen molar-refractivity contribution in [2.24, 2.45) is 11.3 Å². The van der Waals surface area contributed by atoms with E-state index in [1.807, 2.05) is 0 Å². The van der Waals surface area contributed by atoms with Crippen LogP contribution in [0.3, 0.4) is 0 Å². The molecule has 0 radical (unpaired) electrons. The Labute approximate surface area is 96.5 Å². The topological polar surface area (TPSA) is 57.8 Å². The lowest BCUT2D eigenvalue weighted by Gasteiger charge is -2.29. The lowest BCUT2D eigenvalue weighted by Crippen LogP contribution is -2.29. The molecule has 2 N–H and O–H groups in total. The van der Waals surface area contributed by atoms with Gasteiger partial charge in [-0.1, -0.05) is 27.7 Å². The number of hydrogen-bond donors (Lipinski definition) is 2. The molecule has 1 aromatic heterocycles. The van der Waals surface area contributed by atoms with E-state index < -0.39 is 0 Å². The Morgan fingerprint density at radius 3 is 2.62 bits per heavy atom. The Hall–Kier alpha value is -1.32. The highest BCUT2D eigenvalue weighted by Crippen LogP contribution is 2.25. The lowest BCUT2D eigenvalue weighted by molar-refractivity contribution is 0.269. The minimum absolute atomic E-state index is 0.114. The summed E-state index contributed by atoms with van der Waals surface area (Å²) in [5, 5.41) is 3.22. The van der Waals surface area contributed by atoms with Crippen LogP contribution in [0.4, 0.5) is 5.82 Å². The molecule has 0 bridgehead atoms. The van der Waals surface area contributed by atoms with Crippen LogP contribution in [0, 0.1) is 18.3 Å². The molecule has 0 aliphatic carbocycles. The third-order valence-corrected chi connectivity index (χ3v) is 3.15. The van der Waals surface area contributed by atoms with Crippen molar-refractivity contribution in [2.75, 3.05) is 11.9 Å². The molecule has 0 amide bonds. The number of hydrogen-bond acceptors (Lipinski definition) is 3. The van der Waals surface area contributed by atoms with Gasteiger partial charge in [-0.25, -0.2) is 4.98 Å². The van der Waals surface area contributed by atoms with Crippen LogP contribution in [-0.2, 0) is 0 Å². The van der Waals surface area contributed by atoms with Gasteiger partial charge in [-0.15, -0.1) is 0 Å². The van der Waals surface area contributed by atoms with Gasteiger partial charge in [0, 0.05) is 12.6 Å². The zero-order valence-corrected chi connectivity index (χ0v) is 10.7. The molecule has 0 unspecified atom stereocenters. The standard InChI is InChI=1S/C12H21N3O/c1-8(2)12(4,5)7-13-10-6-11(16)15-9(3)14-10/h6,8H,7H2,1-5H3,(H2,13,14,15,16). The van der Waals surface area contributed by atoms with Crippen LogP contribution in [0.5, 0.6) is 0 Å². The maximum Gasteiger partial charge on any atom is 0.252 e. The average molecular weight is 223 g/mol. The Kier molecular flexibility index (Phi) is 3.73. The number of H-pyrrole nitrogens is 1. The molecule has 0 aromatic carbocycles. The van der Waals surface area contributed by atoms with Gasteiger partial charge in [0.05, 0.1) is 0 Å². The van der Waals surface area contributed by atoms with E-state index in [4.69, 9.17) is 0 Å². The monoisotopic (exact) mass is 223 g/mol. The van der Waals surface area contributed by atoms with E-state index in [1.54, 1.807) is 6.92 Å². The molecule has 0 spiro atoms. The Morgan fingerprint density at radius 1 is 1.50 bits per heavy atom. The predicted octanol–water partition coefficient (Wildman–Crippen LogP) is 2.17. The average Bonchev–Trinajstić information content (AvgIpc) is 2.13. The van der Waals surface area contributed by atoms with Gasteiger partial charge in [0.1, 0.15) is 11.6 Å². The molecule has 0 fully saturated rings. The summed E-state index contributed by atoms with van der Waals surface area (Å²) < 4.78 is 0. The second kappa shape index (κ2) is 4.68. The summed E-state index contributed by atoms with van der Waals surface area (Å²) in [5.41, 5.74) is 0.0652. The minimum Gasteiger partial charge on any atom is -0.369 e.